The van der Waals surface area contributed by atoms with E-state index in [9.17, 15) is 0 Å². The summed E-state index contributed by atoms with van der Waals surface area (Å²) in [4.78, 5) is 4.69. The van der Waals surface area contributed by atoms with Gasteiger partial charge in [-0.2, -0.15) is 10.2 Å². The first kappa shape index (κ1) is 17.0. The van der Waals surface area contributed by atoms with Crippen LogP contribution < -0.4 is 0 Å². The van der Waals surface area contributed by atoms with Crippen LogP contribution in [-0.4, -0.2) is 36.8 Å². The number of para-hydroxylation sites is 1. The van der Waals surface area contributed by atoms with Gasteiger partial charge in [-0.3, -0.25) is 0 Å². The highest BCUT2D eigenvalue weighted by atomic mass is 16.5. The van der Waals surface area contributed by atoms with E-state index in [1.54, 1.807) is 0 Å². The number of hydrogen-bond acceptors (Lipinski definition) is 4. The van der Waals surface area contributed by atoms with Gasteiger partial charge in [0.15, 0.2) is 5.82 Å². The number of rotatable bonds is 3. The van der Waals surface area contributed by atoms with Crippen molar-refractivity contribution in [3.8, 4) is 17.1 Å². The van der Waals surface area contributed by atoms with Gasteiger partial charge < -0.3 is 4.74 Å². The van der Waals surface area contributed by atoms with E-state index in [0.29, 0.717) is 0 Å². The molecule has 1 saturated heterocycles. The highest BCUT2D eigenvalue weighted by molar-refractivity contribution is 5.54. The zero-order valence-corrected chi connectivity index (χ0v) is 15.8. The first-order chi connectivity index (χ1) is 12.4. The summed E-state index contributed by atoms with van der Waals surface area (Å²) in [5, 5.41) is 9.25. The van der Waals surface area contributed by atoms with Gasteiger partial charge in [0.05, 0.1) is 29.1 Å². The third kappa shape index (κ3) is 3.17. The summed E-state index contributed by atoms with van der Waals surface area (Å²) in [5.41, 5.74) is 3.11. The second-order valence-electron chi connectivity index (χ2n) is 7.64. The lowest BCUT2D eigenvalue weighted by atomic mass is 9.94. The van der Waals surface area contributed by atoms with Gasteiger partial charge >= 0.3 is 0 Å². The van der Waals surface area contributed by atoms with E-state index in [0.717, 1.165) is 42.3 Å². The molecule has 1 fully saturated rings. The van der Waals surface area contributed by atoms with E-state index in [1.165, 1.54) is 5.56 Å². The largest absolute Gasteiger partial charge is 0.375 e. The van der Waals surface area contributed by atoms with E-state index in [2.05, 4.69) is 47.8 Å². The molecular weight excluding hydrogens is 326 g/mol. The van der Waals surface area contributed by atoms with Crippen molar-refractivity contribution in [1.82, 2.24) is 24.5 Å². The van der Waals surface area contributed by atoms with Crippen LogP contribution >= 0.6 is 0 Å². The summed E-state index contributed by atoms with van der Waals surface area (Å²) < 4.78 is 9.84. The fourth-order valence-electron chi connectivity index (χ4n) is 3.68. The van der Waals surface area contributed by atoms with E-state index in [4.69, 9.17) is 9.72 Å². The maximum Gasteiger partial charge on any atom is 0.161 e. The number of benzene rings is 1. The van der Waals surface area contributed by atoms with E-state index < -0.39 is 0 Å². The lowest BCUT2D eigenvalue weighted by molar-refractivity contribution is -0.0706. The fourth-order valence-corrected chi connectivity index (χ4v) is 3.68. The standard InChI is InChI=1S/C20H25N5O/c1-14-7-5-6-8-18(14)24-13-16(12-21-24)19-22-15(2)23-25(19)17-9-10-26-20(3,4)11-17/h5-8,12-13,17H,9-11H2,1-4H3. The van der Waals surface area contributed by atoms with Gasteiger partial charge in [0.1, 0.15) is 5.82 Å². The highest BCUT2D eigenvalue weighted by Gasteiger charge is 2.32. The Kier molecular flexibility index (Phi) is 4.15. The average Bonchev–Trinajstić information content (AvgIpc) is 3.21. The molecule has 6 nitrogen and oxygen atoms in total. The Morgan fingerprint density at radius 2 is 2.00 bits per heavy atom. The lowest BCUT2D eigenvalue weighted by Gasteiger charge is -2.35. The van der Waals surface area contributed by atoms with Crippen LogP contribution in [-0.2, 0) is 4.74 Å². The second-order valence-corrected chi connectivity index (χ2v) is 7.64. The molecule has 0 spiro atoms. The lowest BCUT2D eigenvalue weighted by Crippen LogP contribution is -2.35. The monoisotopic (exact) mass is 351 g/mol. The predicted molar refractivity (Wildman–Crippen MR) is 100 cm³/mol. The van der Waals surface area contributed by atoms with Crippen molar-refractivity contribution in [3.05, 3.63) is 48.0 Å². The SMILES string of the molecule is Cc1nc(-c2cnn(-c3ccccc3C)c2)n(C2CCOC(C)(C)C2)n1. The van der Waals surface area contributed by atoms with Crippen LogP contribution in [0.3, 0.4) is 0 Å². The number of ether oxygens (including phenoxy) is 1. The Hall–Kier alpha value is -2.47. The molecule has 0 saturated carbocycles. The minimum Gasteiger partial charge on any atom is -0.375 e. The minimum atomic E-state index is -0.134. The number of aryl methyl sites for hydroxylation is 2. The maximum absolute atomic E-state index is 5.87. The molecule has 6 heteroatoms. The van der Waals surface area contributed by atoms with Crippen molar-refractivity contribution in [2.75, 3.05) is 6.61 Å². The third-order valence-electron chi connectivity index (χ3n) is 4.96. The summed E-state index contributed by atoms with van der Waals surface area (Å²) >= 11 is 0. The normalized spacial score (nSPS) is 19.6. The Labute approximate surface area is 153 Å². The van der Waals surface area contributed by atoms with Gasteiger partial charge in [-0.1, -0.05) is 18.2 Å². The molecule has 0 aliphatic carbocycles. The van der Waals surface area contributed by atoms with Crippen molar-refractivity contribution >= 4 is 0 Å². The molecule has 3 heterocycles. The van der Waals surface area contributed by atoms with Crippen molar-refractivity contribution in [3.63, 3.8) is 0 Å². The van der Waals surface area contributed by atoms with Gasteiger partial charge in [0, 0.05) is 12.8 Å². The Bertz CT molecular complexity index is 924. The second kappa shape index (κ2) is 6.36. The Morgan fingerprint density at radius 1 is 1.19 bits per heavy atom. The van der Waals surface area contributed by atoms with Gasteiger partial charge in [-0.25, -0.2) is 14.3 Å². The zero-order valence-electron chi connectivity index (χ0n) is 15.8. The van der Waals surface area contributed by atoms with Crippen LogP contribution in [0, 0.1) is 13.8 Å². The van der Waals surface area contributed by atoms with Gasteiger partial charge in [-0.05, 0) is 52.2 Å². The molecule has 0 bridgehead atoms. The summed E-state index contributed by atoms with van der Waals surface area (Å²) in [7, 11) is 0. The average molecular weight is 351 g/mol. The molecule has 26 heavy (non-hydrogen) atoms. The molecule has 1 unspecified atom stereocenters. The molecule has 0 N–H and O–H groups in total. The number of aromatic nitrogens is 5. The van der Waals surface area contributed by atoms with Crippen molar-refractivity contribution in [1.29, 1.82) is 0 Å². The zero-order chi connectivity index (χ0) is 18.3. The summed E-state index contributed by atoms with van der Waals surface area (Å²) in [6, 6.07) is 8.52. The van der Waals surface area contributed by atoms with Crippen LogP contribution in [0.5, 0.6) is 0 Å². The molecule has 1 aliphatic heterocycles. The first-order valence-electron chi connectivity index (χ1n) is 9.11. The van der Waals surface area contributed by atoms with Gasteiger partial charge in [0.2, 0.25) is 0 Å². The van der Waals surface area contributed by atoms with E-state index in [-0.39, 0.29) is 11.6 Å². The van der Waals surface area contributed by atoms with Crippen LogP contribution in [0.4, 0.5) is 0 Å². The minimum absolute atomic E-state index is 0.134. The van der Waals surface area contributed by atoms with Crippen LogP contribution in [0.25, 0.3) is 17.1 Å². The molecule has 1 aliphatic rings. The predicted octanol–water partition coefficient (Wildman–Crippen LogP) is 3.88. The Morgan fingerprint density at radius 3 is 2.77 bits per heavy atom. The summed E-state index contributed by atoms with van der Waals surface area (Å²) in [6.07, 6.45) is 5.78. The van der Waals surface area contributed by atoms with Crippen LogP contribution in [0.1, 0.15) is 44.1 Å². The topological polar surface area (TPSA) is 57.8 Å². The molecule has 0 radical (unpaired) electrons. The fraction of sp³-hybridized carbons (Fsp3) is 0.450. The Balaban J connectivity index is 1.70. The van der Waals surface area contributed by atoms with Crippen molar-refractivity contribution in [2.45, 2.75) is 52.2 Å². The molecular formula is C20H25N5O. The first-order valence-corrected chi connectivity index (χ1v) is 9.11. The van der Waals surface area contributed by atoms with Crippen molar-refractivity contribution < 1.29 is 4.74 Å². The summed E-state index contributed by atoms with van der Waals surface area (Å²) in [6.45, 7) is 9.06. The molecule has 136 valence electrons. The molecule has 1 aromatic carbocycles. The van der Waals surface area contributed by atoms with Crippen LogP contribution in [0.15, 0.2) is 36.7 Å². The molecule has 2 aromatic heterocycles. The summed E-state index contributed by atoms with van der Waals surface area (Å²) in [5.74, 6) is 1.66. The van der Waals surface area contributed by atoms with E-state index >= 15 is 0 Å². The molecule has 3 aromatic rings. The van der Waals surface area contributed by atoms with Gasteiger partial charge in [0.25, 0.3) is 0 Å². The third-order valence-corrected chi connectivity index (χ3v) is 4.96. The smallest absolute Gasteiger partial charge is 0.161 e. The van der Waals surface area contributed by atoms with E-state index in [1.807, 2.05) is 36.1 Å². The maximum atomic E-state index is 5.87. The molecule has 0 amide bonds. The van der Waals surface area contributed by atoms with Crippen LogP contribution in [0.2, 0.25) is 0 Å². The van der Waals surface area contributed by atoms with Crippen molar-refractivity contribution in [2.24, 2.45) is 0 Å². The van der Waals surface area contributed by atoms with Gasteiger partial charge in [-0.15, -0.1) is 0 Å². The highest BCUT2D eigenvalue weighted by Crippen LogP contribution is 2.34. The quantitative estimate of drug-likeness (QED) is 0.718. The molecule has 4 rings (SSSR count). The molecule has 1 atom stereocenters. The number of hydrogen-bond donors (Lipinski definition) is 0. The number of nitrogens with zero attached hydrogens (tertiary/aromatic N) is 5.